The van der Waals surface area contributed by atoms with E-state index in [1.54, 1.807) is 10.8 Å². The van der Waals surface area contributed by atoms with Crippen molar-refractivity contribution in [1.29, 1.82) is 0 Å². The number of nitrogens with zero attached hydrogens (tertiary/aromatic N) is 4. The van der Waals surface area contributed by atoms with Crippen molar-refractivity contribution in [3.05, 3.63) is 40.1 Å². The molecule has 4 heterocycles. The Balaban J connectivity index is 1.32. The summed E-state index contributed by atoms with van der Waals surface area (Å²) in [5.41, 5.74) is 6.22. The van der Waals surface area contributed by atoms with E-state index in [2.05, 4.69) is 34.6 Å². The van der Waals surface area contributed by atoms with Gasteiger partial charge in [0, 0.05) is 31.0 Å². The van der Waals surface area contributed by atoms with Crippen LogP contribution in [0.1, 0.15) is 81.9 Å². The highest BCUT2D eigenvalue weighted by atomic mass is 19.4. The second kappa shape index (κ2) is 10.3. The fourth-order valence-electron chi connectivity index (χ4n) is 7.70. The van der Waals surface area contributed by atoms with E-state index < -0.39 is 11.7 Å². The standard InChI is InChI=1S/C28H41F3N6O/c1-18-6-5-11-35(18)14-19-12-23(28(29,30)31)24-16-36(27(38)37(24)15-19)22-10-4-9-21(13-22)25(20-7-3-8-20)26-33-32-17-34(26)2/h12,15-16,18,20-22,25-26,32-33H,3-11,13-14,17H2,1-2H3/t18-,21?,22?,25?,26?/m1/s1. The maximum atomic E-state index is 14.2. The number of aromatic nitrogens is 2. The number of nitrogens with one attached hydrogen (secondary N) is 2. The molecule has 4 fully saturated rings. The van der Waals surface area contributed by atoms with Crippen LogP contribution in [-0.4, -0.2) is 51.2 Å². The molecule has 10 heteroatoms. The topological polar surface area (TPSA) is 57.0 Å². The first-order chi connectivity index (χ1) is 18.2. The van der Waals surface area contributed by atoms with Gasteiger partial charge in [-0.1, -0.05) is 25.7 Å². The number of hydrogen-bond donors (Lipinski definition) is 2. The van der Waals surface area contributed by atoms with Crippen LogP contribution in [0.3, 0.4) is 0 Å². The summed E-state index contributed by atoms with van der Waals surface area (Å²) in [4.78, 5) is 18.2. The van der Waals surface area contributed by atoms with E-state index >= 15 is 0 Å². The molecule has 2 saturated heterocycles. The molecule has 4 unspecified atom stereocenters. The van der Waals surface area contributed by atoms with E-state index in [0.717, 1.165) is 51.7 Å². The molecule has 0 aromatic carbocycles. The van der Waals surface area contributed by atoms with Crippen LogP contribution in [0.5, 0.6) is 0 Å². The Morgan fingerprint density at radius 2 is 1.82 bits per heavy atom. The number of likely N-dealkylation sites (tertiary alicyclic amines) is 1. The molecule has 38 heavy (non-hydrogen) atoms. The van der Waals surface area contributed by atoms with Gasteiger partial charge in [0.2, 0.25) is 0 Å². The van der Waals surface area contributed by atoms with Gasteiger partial charge in [-0.05, 0) is 82.0 Å². The van der Waals surface area contributed by atoms with Crippen LogP contribution >= 0.6 is 0 Å². The molecule has 2 aliphatic heterocycles. The number of pyridine rings is 1. The Labute approximate surface area is 222 Å². The van der Waals surface area contributed by atoms with Gasteiger partial charge in [0.15, 0.2) is 0 Å². The van der Waals surface area contributed by atoms with Crippen LogP contribution in [0, 0.1) is 17.8 Å². The molecule has 6 rings (SSSR count). The average Bonchev–Trinajstić information content (AvgIpc) is 3.55. The molecule has 2 N–H and O–H groups in total. The van der Waals surface area contributed by atoms with Crippen molar-refractivity contribution in [2.75, 3.05) is 20.3 Å². The largest absolute Gasteiger partial charge is 0.418 e. The zero-order valence-corrected chi connectivity index (χ0v) is 22.5. The van der Waals surface area contributed by atoms with Crippen LogP contribution in [0.25, 0.3) is 5.52 Å². The predicted molar refractivity (Wildman–Crippen MR) is 140 cm³/mol. The zero-order chi connectivity index (χ0) is 26.6. The molecule has 5 atom stereocenters. The summed E-state index contributed by atoms with van der Waals surface area (Å²) in [6, 6.07) is 1.52. The van der Waals surface area contributed by atoms with E-state index in [9.17, 15) is 18.0 Å². The molecule has 2 aromatic heterocycles. The lowest BCUT2D eigenvalue weighted by Crippen LogP contribution is -2.50. The number of fused-ring (bicyclic) bond motifs is 1. The Kier molecular flexibility index (Phi) is 7.12. The molecule has 4 aliphatic rings. The Bertz CT molecular complexity index is 1200. The molecule has 0 bridgehead atoms. The van der Waals surface area contributed by atoms with Crippen molar-refractivity contribution < 1.29 is 13.2 Å². The molecule has 2 aliphatic carbocycles. The van der Waals surface area contributed by atoms with Gasteiger partial charge in [0.05, 0.1) is 23.9 Å². The van der Waals surface area contributed by atoms with E-state index in [1.807, 2.05) is 0 Å². The van der Waals surface area contributed by atoms with Crippen LogP contribution in [-0.2, 0) is 12.7 Å². The number of hydrogen-bond acceptors (Lipinski definition) is 5. The third kappa shape index (κ3) is 4.82. The highest BCUT2D eigenvalue weighted by Gasteiger charge is 2.44. The van der Waals surface area contributed by atoms with Gasteiger partial charge in [-0.3, -0.25) is 18.8 Å². The maximum absolute atomic E-state index is 14.2. The second-order valence-corrected chi connectivity index (χ2v) is 12.3. The smallest absolute Gasteiger partial charge is 0.296 e. The molecule has 2 saturated carbocycles. The van der Waals surface area contributed by atoms with Crippen molar-refractivity contribution in [3.63, 3.8) is 0 Å². The molecule has 7 nitrogen and oxygen atoms in total. The number of alkyl halides is 3. The predicted octanol–water partition coefficient (Wildman–Crippen LogP) is 4.57. The van der Waals surface area contributed by atoms with Crippen molar-refractivity contribution >= 4 is 5.52 Å². The minimum atomic E-state index is -4.52. The second-order valence-electron chi connectivity index (χ2n) is 12.3. The van der Waals surface area contributed by atoms with Gasteiger partial charge in [0.1, 0.15) is 0 Å². The van der Waals surface area contributed by atoms with Crippen molar-refractivity contribution in [2.24, 2.45) is 17.8 Å². The summed E-state index contributed by atoms with van der Waals surface area (Å²) in [5, 5.41) is 0. The number of hydrazine groups is 1. The van der Waals surface area contributed by atoms with Crippen molar-refractivity contribution in [2.45, 2.75) is 95.7 Å². The van der Waals surface area contributed by atoms with Crippen LogP contribution < -0.4 is 16.5 Å². The normalized spacial score (nSPS) is 30.8. The fraction of sp³-hybridized carbons (Fsp3) is 0.750. The van der Waals surface area contributed by atoms with E-state index in [1.165, 1.54) is 35.9 Å². The van der Waals surface area contributed by atoms with Gasteiger partial charge in [-0.2, -0.15) is 13.2 Å². The Morgan fingerprint density at radius 3 is 2.45 bits per heavy atom. The van der Waals surface area contributed by atoms with E-state index in [0.29, 0.717) is 35.9 Å². The zero-order valence-electron chi connectivity index (χ0n) is 22.5. The number of rotatable bonds is 6. The van der Waals surface area contributed by atoms with Gasteiger partial charge >= 0.3 is 11.9 Å². The summed E-state index contributed by atoms with van der Waals surface area (Å²) in [5.74, 6) is 1.57. The number of halogens is 3. The van der Waals surface area contributed by atoms with Gasteiger partial charge < -0.3 is 0 Å². The molecule has 0 spiro atoms. The summed E-state index contributed by atoms with van der Waals surface area (Å²) in [6.45, 7) is 4.22. The Hall–Kier alpha value is -1.88. The van der Waals surface area contributed by atoms with Crippen LogP contribution in [0.4, 0.5) is 13.2 Å². The molecule has 210 valence electrons. The maximum Gasteiger partial charge on any atom is 0.418 e. The molecular weight excluding hydrogens is 493 g/mol. The third-order valence-corrected chi connectivity index (χ3v) is 9.97. The van der Waals surface area contributed by atoms with E-state index in [-0.39, 0.29) is 23.4 Å². The van der Waals surface area contributed by atoms with Crippen molar-refractivity contribution in [1.82, 2.24) is 29.6 Å². The third-order valence-electron chi connectivity index (χ3n) is 9.97. The molecule has 0 amide bonds. The average molecular weight is 535 g/mol. The lowest BCUT2D eigenvalue weighted by atomic mass is 9.65. The summed E-state index contributed by atoms with van der Waals surface area (Å²) in [7, 11) is 2.13. The fourth-order valence-corrected chi connectivity index (χ4v) is 7.70. The monoisotopic (exact) mass is 534 g/mol. The summed E-state index contributed by atoms with van der Waals surface area (Å²) in [6.07, 6.45) is 8.48. The lowest BCUT2D eigenvalue weighted by Gasteiger charge is -2.46. The summed E-state index contributed by atoms with van der Waals surface area (Å²) < 4.78 is 45.6. The quantitative estimate of drug-likeness (QED) is 0.569. The first-order valence-electron chi connectivity index (χ1n) is 14.5. The summed E-state index contributed by atoms with van der Waals surface area (Å²) >= 11 is 0. The van der Waals surface area contributed by atoms with Crippen LogP contribution in [0.2, 0.25) is 0 Å². The highest BCUT2D eigenvalue weighted by Crippen LogP contribution is 2.47. The lowest BCUT2D eigenvalue weighted by molar-refractivity contribution is -0.136. The first kappa shape index (κ1) is 26.3. The first-order valence-corrected chi connectivity index (χ1v) is 14.5. The van der Waals surface area contributed by atoms with Crippen molar-refractivity contribution in [3.8, 4) is 0 Å². The molecular formula is C28H41F3N6O. The molecule has 0 radical (unpaired) electrons. The molecule has 2 aromatic rings. The minimum Gasteiger partial charge on any atom is -0.296 e. The Morgan fingerprint density at radius 1 is 1.05 bits per heavy atom. The van der Waals surface area contributed by atoms with Crippen LogP contribution in [0.15, 0.2) is 23.3 Å². The number of imidazole rings is 1. The van der Waals surface area contributed by atoms with Gasteiger partial charge in [-0.15, -0.1) is 0 Å². The highest BCUT2D eigenvalue weighted by molar-refractivity contribution is 5.56. The SMILES string of the molecule is C[C@@H]1CCCN1Cc1cc(C(F)(F)F)c2cn(C3CCCC(C(C4CCC4)C4NNCN4C)C3)c(=O)n2c1. The van der Waals surface area contributed by atoms with Gasteiger partial charge in [-0.25, -0.2) is 15.6 Å². The van der Waals surface area contributed by atoms with Gasteiger partial charge in [0.25, 0.3) is 0 Å². The van der Waals surface area contributed by atoms with E-state index in [4.69, 9.17) is 0 Å². The minimum absolute atomic E-state index is 0.0280.